The third-order valence-electron chi connectivity index (χ3n) is 7.49. The minimum atomic E-state index is -0.786. The molecule has 2 aliphatic rings. The van der Waals surface area contributed by atoms with Crippen molar-refractivity contribution in [1.82, 2.24) is 9.80 Å². The second kappa shape index (κ2) is 17.1. The van der Waals surface area contributed by atoms with Crippen LogP contribution in [0.5, 0.6) is 0 Å². The number of hydrogen-bond donors (Lipinski definition) is 1. The molecule has 7 nitrogen and oxygen atoms in total. The van der Waals surface area contributed by atoms with Crippen molar-refractivity contribution in [2.24, 2.45) is 20.9 Å². The Morgan fingerprint density at radius 2 is 1.79 bits per heavy atom. The minimum absolute atomic E-state index is 0.268. The highest BCUT2D eigenvalue weighted by atomic mass is 19.1. The quantitative estimate of drug-likeness (QED) is 0.270. The number of carboxylic acid groups (broad SMARTS) is 1. The molecule has 0 aromatic heterocycles. The van der Waals surface area contributed by atoms with Crippen molar-refractivity contribution in [3.63, 3.8) is 0 Å². The second-order valence-electron chi connectivity index (χ2n) is 10.1. The van der Waals surface area contributed by atoms with Gasteiger partial charge >= 0.3 is 5.97 Å². The highest BCUT2D eigenvalue weighted by Gasteiger charge is 2.29. The van der Waals surface area contributed by atoms with E-state index in [1.165, 1.54) is 6.20 Å². The van der Waals surface area contributed by atoms with Gasteiger partial charge in [-0.3, -0.25) is 14.7 Å². The summed E-state index contributed by atoms with van der Waals surface area (Å²) in [5, 5.41) is 9.91. The zero-order valence-electron chi connectivity index (χ0n) is 25.1. The number of alkyl halides is 1. The lowest BCUT2D eigenvalue weighted by molar-refractivity contribution is -0.139. The van der Waals surface area contributed by atoms with Crippen LogP contribution in [0.1, 0.15) is 69.1 Å². The Kier molecular flexibility index (Phi) is 13.3. The monoisotopic (exact) mass is 573 g/mol. The first-order valence-corrected chi connectivity index (χ1v) is 14.9. The lowest BCUT2D eigenvalue weighted by atomic mass is 9.89. The Labute approximate surface area is 249 Å². The summed E-state index contributed by atoms with van der Waals surface area (Å²) in [7, 11) is 0. The van der Waals surface area contributed by atoms with Crippen molar-refractivity contribution in [2.75, 3.05) is 26.3 Å². The van der Waals surface area contributed by atoms with Gasteiger partial charge in [0.25, 0.3) is 0 Å². The van der Waals surface area contributed by atoms with Gasteiger partial charge in [-0.05, 0) is 74.4 Å². The molecule has 8 heteroatoms. The summed E-state index contributed by atoms with van der Waals surface area (Å²) in [6.45, 7) is 11.7. The van der Waals surface area contributed by atoms with Crippen molar-refractivity contribution in [3.05, 3.63) is 95.8 Å². The first kappa shape index (κ1) is 32.6. The Balaban J connectivity index is 0.00000237. The van der Waals surface area contributed by atoms with Gasteiger partial charge < -0.3 is 10.0 Å². The summed E-state index contributed by atoms with van der Waals surface area (Å²) in [5.74, 6) is -0.509. The van der Waals surface area contributed by atoms with Crippen LogP contribution >= 0.6 is 0 Å². The number of likely N-dealkylation sites (tertiary alicyclic amines) is 1. The summed E-state index contributed by atoms with van der Waals surface area (Å²) in [4.78, 5) is 30.2. The number of benzene rings is 2. The van der Waals surface area contributed by atoms with Gasteiger partial charge in [0.05, 0.1) is 11.6 Å². The molecular weight excluding hydrogens is 529 g/mol. The molecule has 224 valence electrons. The first-order chi connectivity index (χ1) is 20.5. The average molecular weight is 574 g/mol. The number of guanidine groups is 1. The standard InChI is InChI=1S/C32H38FN5O2.C2H6/c1-3-34-32(35-4-2)38-23-36-29(26-16-14-24(21-33)15-17-26)20-30(38)27-12-8-18-37(19-9-13-27)22-28(31(39)40)25-10-6-5-7-11-25;1-2/h3-7,10-11,14-17,20,27-28H,1,8-9,12-13,18-19,21-23H2,2H3,(H,39,40);1-2H3/b34-32?,35-4-;. The van der Waals surface area contributed by atoms with Crippen molar-refractivity contribution < 1.29 is 14.3 Å². The summed E-state index contributed by atoms with van der Waals surface area (Å²) in [6, 6.07) is 16.9. The third kappa shape index (κ3) is 8.79. The predicted molar refractivity (Wildman–Crippen MR) is 171 cm³/mol. The van der Waals surface area contributed by atoms with Crippen LogP contribution in [-0.2, 0) is 11.5 Å². The van der Waals surface area contributed by atoms with E-state index in [0.717, 1.165) is 61.3 Å². The topological polar surface area (TPSA) is 80.9 Å². The Morgan fingerprint density at radius 3 is 2.36 bits per heavy atom. The number of nitrogens with zero attached hydrogens (tertiary/aromatic N) is 5. The summed E-state index contributed by atoms with van der Waals surface area (Å²) >= 11 is 0. The first-order valence-electron chi connectivity index (χ1n) is 14.9. The van der Waals surface area contributed by atoms with E-state index in [1.807, 2.05) is 63.2 Å². The van der Waals surface area contributed by atoms with Crippen LogP contribution < -0.4 is 0 Å². The van der Waals surface area contributed by atoms with Crippen molar-refractivity contribution in [3.8, 4) is 0 Å². The zero-order valence-corrected chi connectivity index (χ0v) is 25.1. The van der Waals surface area contributed by atoms with Crippen LogP contribution in [0.15, 0.2) is 94.1 Å². The van der Waals surface area contributed by atoms with Crippen LogP contribution in [0.4, 0.5) is 4.39 Å². The molecule has 1 atom stereocenters. The zero-order chi connectivity index (χ0) is 30.3. The van der Waals surface area contributed by atoms with Gasteiger partial charge in [0.1, 0.15) is 13.3 Å². The minimum Gasteiger partial charge on any atom is -0.481 e. The van der Waals surface area contributed by atoms with Crippen LogP contribution in [0.2, 0.25) is 0 Å². The van der Waals surface area contributed by atoms with Gasteiger partial charge in [0, 0.05) is 24.7 Å². The number of carboxylic acids is 1. The molecule has 0 radical (unpaired) electrons. The molecule has 2 aromatic carbocycles. The molecule has 1 unspecified atom stereocenters. The summed E-state index contributed by atoms with van der Waals surface area (Å²) < 4.78 is 13.1. The van der Waals surface area contributed by atoms with Gasteiger partial charge in [-0.25, -0.2) is 14.4 Å². The number of halogens is 1. The van der Waals surface area contributed by atoms with Crippen LogP contribution in [0.3, 0.4) is 0 Å². The fourth-order valence-corrected chi connectivity index (χ4v) is 5.44. The molecule has 0 aliphatic carbocycles. The number of hydrogen-bond acceptors (Lipinski definition) is 4. The molecule has 1 N–H and O–H groups in total. The third-order valence-corrected chi connectivity index (χ3v) is 7.49. The van der Waals surface area contributed by atoms with E-state index in [1.54, 1.807) is 18.3 Å². The predicted octanol–water partition coefficient (Wildman–Crippen LogP) is 7.08. The largest absolute Gasteiger partial charge is 0.481 e. The van der Waals surface area contributed by atoms with E-state index in [9.17, 15) is 14.3 Å². The highest BCUT2D eigenvalue weighted by molar-refractivity contribution is 6.10. The maximum absolute atomic E-state index is 13.1. The highest BCUT2D eigenvalue weighted by Crippen LogP contribution is 2.31. The second-order valence-corrected chi connectivity index (χ2v) is 10.1. The molecule has 0 saturated carbocycles. The molecule has 2 heterocycles. The molecule has 42 heavy (non-hydrogen) atoms. The van der Waals surface area contributed by atoms with Gasteiger partial charge in [0.15, 0.2) is 0 Å². The molecule has 1 saturated heterocycles. The maximum Gasteiger partial charge on any atom is 0.312 e. The molecule has 2 aromatic rings. The normalized spacial score (nSPS) is 17.8. The number of aliphatic imine (C=N–C) groups is 3. The van der Waals surface area contributed by atoms with Crippen LogP contribution in [0, 0.1) is 5.92 Å². The maximum atomic E-state index is 13.1. The summed E-state index contributed by atoms with van der Waals surface area (Å²) in [6.07, 6.45) is 9.13. The average Bonchev–Trinajstić information content (AvgIpc) is 3.01. The van der Waals surface area contributed by atoms with E-state index in [-0.39, 0.29) is 5.92 Å². The lowest BCUT2D eigenvalue weighted by Gasteiger charge is -2.36. The Morgan fingerprint density at radius 1 is 1.12 bits per heavy atom. The molecular formula is C34H44FN5O2. The van der Waals surface area contributed by atoms with Crippen molar-refractivity contribution in [2.45, 2.75) is 59.0 Å². The van der Waals surface area contributed by atoms with E-state index in [0.29, 0.717) is 24.7 Å². The molecule has 1 fully saturated rings. The van der Waals surface area contributed by atoms with Gasteiger partial charge in [-0.1, -0.05) is 75.0 Å². The fraction of sp³-hybridized carbons (Fsp3) is 0.412. The molecule has 0 amide bonds. The molecule has 2 aliphatic heterocycles. The van der Waals surface area contributed by atoms with Crippen molar-refractivity contribution in [1.29, 1.82) is 0 Å². The number of aliphatic carboxylic acids is 1. The van der Waals surface area contributed by atoms with Crippen LogP contribution in [-0.4, -0.2) is 65.1 Å². The van der Waals surface area contributed by atoms with Gasteiger partial charge in [0.2, 0.25) is 5.96 Å². The Bertz CT molecular complexity index is 1260. The number of allylic oxidation sites excluding steroid dienone is 2. The van der Waals surface area contributed by atoms with E-state index < -0.39 is 18.6 Å². The van der Waals surface area contributed by atoms with Gasteiger partial charge in [-0.2, -0.15) is 0 Å². The Hall–Kier alpha value is -3.91. The van der Waals surface area contributed by atoms with E-state index in [2.05, 4.69) is 32.4 Å². The number of rotatable bonds is 8. The molecule has 0 spiro atoms. The van der Waals surface area contributed by atoms with E-state index in [4.69, 9.17) is 4.99 Å². The molecule has 4 rings (SSSR count). The smallest absolute Gasteiger partial charge is 0.312 e. The number of carbonyl (C=O) groups is 1. The summed E-state index contributed by atoms with van der Waals surface area (Å²) in [5.41, 5.74) is 4.42. The fourth-order valence-electron chi connectivity index (χ4n) is 5.44. The van der Waals surface area contributed by atoms with Gasteiger partial charge in [-0.15, -0.1) is 0 Å². The van der Waals surface area contributed by atoms with Crippen LogP contribution in [0.25, 0.3) is 0 Å². The van der Waals surface area contributed by atoms with Crippen molar-refractivity contribution >= 4 is 23.9 Å². The lowest BCUT2D eigenvalue weighted by Crippen LogP contribution is -2.38. The van der Waals surface area contributed by atoms with E-state index >= 15 is 0 Å². The SMILES string of the molecule is C=CN=C(/N=C\C)N1CN=C(c2ccc(CF)cc2)C=C1C1CCCN(CC(C(=O)O)c2ccccc2)CCC1.CC. The molecule has 0 bridgehead atoms.